The fourth-order valence-electron chi connectivity index (χ4n) is 4.09. The Balaban J connectivity index is 1.31. The highest BCUT2D eigenvalue weighted by Crippen LogP contribution is 2.27. The number of ether oxygens (including phenoxy) is 1. The summed E-state index contributed by atoms with van der Waals surface area (Å²) in [5.41, 5.74) is 4.09. The van der Waals surface area contributed by atoms with Crippen LogP contribution >= 0.6 is 0 Å². The molecule has 0 saturated carbocycles. The number of rotatable bonds is 5. The highest BCUT2D eigenvalue weighted by molar-refractivity contribution is 5.94. The molecule has 1 unspecified atom stereocenters. The van der Waals surface area contributed by atoms with E-state index in [2.05, 4.69) is 15.4 Å². The van der Waals surface area contributed by atoms with Crippen LogP contribution in [0.15, 0.2) is 66.9 Å². The number of amides is 1. The number of aryl methyl sites for hydroxylation is 1. The number of likely N-dealkylation sites (tertiary alicyclic amines) is 1. The van der Waals surface area contributed by atoms with E-state index in [1.807, 2.05) is 76.4 Å². The minimum absolute atomic E-state index is 0.0277. The average molecular weight is 428 g/mol. The normalized spacial score (nSPS) is 15.8. The second-order valence-electron chi connectivity index (χ2n) is 7.91. The van der Waals surface area contributed by atoms with Crippen LogP contribution in [0.3, 0.4) is 0 Å². The second-order valence-corrected chi connectivity index (χ2v) is 7.91. The summed E-state index contributed by atoms with van der Waals surface area (Å²) < 4.78 is 8.82. The van der Waals surface area contributed by atoms with Gasteiger partial charge in [-0.15, -0.1) is 5.10 Å². The topological polar surface area (TPSA) is 78.1 Å². The molecule has 5 rings (SSSR count). The highest BCUT2D eigenvalue weighted by Gasteiger charge is 2.30. The Kier molecular flexibility index (Phi) is 5.18. The molecule has 2 aromatic carbocycles. The number of methoxy groups -OCH3 is 1. The molecule has 32 heavy (non-hydrogen) atoms. The Labute approximate surface area is 186 Å². The van der Waals surface area contributed by atoms with E-state index in [4.69, 9.17) is 4.74 Å². The number of benzene rings is 2. The van der Waals surface area contributed by atoms with Gasteiger partial charge in [0.2, 0.25) is 0 Å². The molecule has 1 fully saturated rings. The first-order valence-electron chi connectivity index (χ1n) is 10.6. The van der Waals surface area contributed by atoms with Gasteiger partial charge in [-0.2, -0.15) is 5.10 Å². The van der Waals surface area contributed by atoms with Crippen LogP contribution in [0.4, 0.5) is 0 Å². The van der Waals surface area contributed by atoms with E-state index in [0.717, 1.165) is 34.7 Å². The fraction of sp³-hybridized carbons (Fsp3) is 0.250. The van der Waals surface area contributed by atoms with Gasteiger partial charge in [0.25, 0.3) is 5.91 Å². The van der Waals surface area contributed by atoms with Gasteiger partial charge in [0.1, 0.15) is 17.1 Å². The molecular weight excluding hydrogens is 404 g/mol. The molecule has 0 spiro atoms. The molecule has 1 saturated heterocycles. The zero-order chi connectivity index (χ0) is 22.1. The monoisotopic (exact) mass is 428 g/mol. The van der Waals surface area contributed by atoms with Gasteiger partial charge in [-0.1, -0.05) is 47.7 Å². The summed E-state index contributed by atoms with van der Waals surface area (Å²) in [5.74, 6) is 0.728. The lowest BCUT2D eigenvalue weighted by Gasteiger charge is -2.16. The summed E-state index contributed by atoms with van der Waals surface area (Å²) in [6.45, 7) is 1.26. The molecule has 2 aromatic heterocycles. The Bertz CT molecular complexity index is 1250. The van der Waals surface area contributed by atoms with E-state index in [1.54, 1.807) is 18.8 Å². The summed E-state index contributed by atoms with van der Waals surface area (Å²) in [6, 6.07) is 19.6. The van der Waals surface area contributed by atoms with Gasteiger partial charge in [-0.05, 0) is 24.6 Å². The number of hydrogen-bond acceptors (Lipinski definition) is 5. The van der Waals surface area contributed by atoms with Crippen LogP contribution < -0.4 is 4.74 Å². The lowest BCUT2D eigenvalue weighted by Crippen LogP contribution is -2.30. The Morgan fingerprint density at radius 3 is 2.66 bits per heavy atom. The van der Waals surface area contributed by atoms with Crippen molar-refractivity contribution in [3.63, 3.8) is 0 Å². The molecule has 0 aliphatic carbocycles. The van der Waals surface area contributed by atoms with E-state index in [0.29, 0.717) is 18.8 Å². The maximum absolute atomic E-state index is 13.2. The first-order valence-corrected chi connectivity index (χ1v) is 10.6. The number of carbonyl (C=O) groups is 1. The maximum atomic E-state index is 13.2. The summed E-state index contributed by atoms with van der Waals surface area (Å²) in [5, 5.41) is 13.2. The minimum Gasteiger partial charge on any atom is -0.497 e. The van der Waals surface area contributed by atoms with Crippen LogP contribution in [0.5, 0.6) is 5.75 Å². The SMILES string of the molecule is COc1cccc(-c2cc(C(=O)N3CCC(n4cc(-c5ccccc5)nn4)C3)n(C)n2)c1. The summed E-state index contributed by atoms with van der Waals surface area (Å²) >= 11 is 0. The van der Waals surface area contributed by atoms with E-state index >= 15 is 0 Å². The van der Waals surface area contributed by atoms with E-state index in [9.17, 15) is 4.79 Å². The lowest BCUT2D eigenvalue weighted by atomic mass is 10.1. The summed E-state index contributed by atoms with van der Waals surface area (Å²) in [7, 11) is 3.43. The quantitative estimate of drug-likeness (QED) is 0.487. The molecule has 162 valence electrons. The smallest absolute Gasteiger partial charge is 0.272 e. The van der Waals surface area contributed by atoms with E-state index in [1.165, 1.54) is 0 Å². The number of carbonyl (C=O) groups excluding carboxylic acids is 1. The van der Waals surface area contributed by atoms with E-state index < -0.39 is 0 Å². The molecule has 1 atom stereocenters. The van der Waals surface area contributed by atoms with Gasteiger partial charge < -0.3 is 9.64 Å². The van der Waals surface area contributed by atoms with Crippen LogP contribution in [0.25, 0.3) is 22.5 Å². The third-order valence-corrected chi connectivity index (χ3v) is 5.87. The van der Waals surface area contributed by atoms with Crippen molar-refractivity contribution < 1.29 is 9.53 Å². The Hall–Kier alpha value is -3.94. The molecule has 0 radical (unpaired) electrons. The Morgan fingerprint density at radius 1 is 1.03 bits per heavy atom. The van der Waals surface area contributed by atoms with Crippen LogP contribution in [0.2, 0.25) is 0 Å². The predicted octanol–water partition coefficient (Wildman–Crippen LogP) is 3.44. The third kappa shape index (κ3) is 3.75. The number of hydrogen-bond donors (Lipinski definition) is 0. The van der Waals surface area contributed by atoms with Crippen molar-refractivity contribution in [3.05, 3.63) is 72.6 Å². The zero-order valence-electron chi connectivity index (χ0n) is 18.0. The first kappa shape index (κ1) is 20.0. The molecule has 1 aliphatic heterocycles. The standard InChI is InChI=1S/C24H24N6O2/c1-28-23(14-21(26-28)18-9-6-10-20(13-18)32-2)24(31)29-12-11-19(15-29)30-16-22(25-27-30)17-7-4-3-5-8-17/h3-10,13-14,16,19H,11-12,15H2,1-2H3. The van der Waals surface area contributed by atoms with Gasteiger partial charge in [-0.25, -0.2) is 4.68 Å². The first-order chi connectivity index (χ1) is 15.6. The molecule has 0 N–H and O–H groups in total. The summed E-state index contributed by atoms with van der Waals surface area (Å²) in [4.78, 5) is 15.1. The van der Waals surface area contributed by atoms with Crippen molar-refractivity contribution in [2.24, 2.45) is 7.05 Å². The second kappa shape index (κ2) is 8.30. The largest absolute Gasteiger partial charge is 0.497 e. The number of nitrogens with zero attached hydrogens (tertiary/aromatic N) is 6. The molecule has 0 bridgehead atoms. The van der Waals surface area contributed by atoms with E-state index in [-0.39, 0.29) is 11.9 Å². The zero-order valence-corrected chi connectivity index (χ0v) is 18.0. The van der Waals surface area contributed by atoms with Crippen LogP contribution in [0.1, 0.15) is 23.0 Å². The van der Waals surface area contributed by atoms with Crippen molar-refractivity contribution in [1.29, 1.82) is 0 Å². The van der Waals surface area contributed by atoms with Gasteiger partial charge >= 0.3 is 0 Å². The van der Waals surface area contributed by atoms with Crippen LogP contribution in [-0.4, -0.2) is 55.8 Å². The minimum atomic E-state index is -0.0277. The Morgan fingerprint density at radius 2 is 1.84 bits per heavy atom. The molecule has 8 heteroatoms. The van der Waals surface area contributed by atoms with Gasteiger partial charge in [0, 0.05) is 31.3 Å². The van der Waals surface area contributed by atoms with Crippen molar-refractivity contribution in [2.75, 3.05) is 20.2 Å². The predicted molar refractivity (Wildman–Crippen MR) is 120 cm³/mol. The van der Waals surface area contributed by atoms with Crippen molar-refractivity contribution in [2.45, 2.75) is 12.5 Å². The maximum Gasteiger partial charge on any atom is 0.272 e. The van der Waals surface area contributed by atoms with Crippen molar-refractivity contribution in [1.82, 2.24) is 29.7 Å². The highest BCUT2D eigenvalue weighted by atomic mass is 16.5. The fourth-order valence-corrected chi connectivity index (χ4v) is 4.09. The van der Waals surface area contributed by atoms with Crippen molar-refractivity contribution in [3.8, 4) is 28.3 Å². The van der Waals surface area contributed by atoms with Gasteiger partial charge in [0.15, 0.2) is 0 Å². The average Bonchev–Trinajstić information content (AvgIpc) is 3.58. The third-order valence-electron chi connectivity index (χ3n) is 5.87. The molecule has 4 aromatic rings. The molecule has 1 aliphatic rings. The number of aromatic nitrogens is 5. The molecule has 3 heterocycles. The molecular formula is C24H24N6O2. The van der Waals surface area contributed by atoms with Crippen LogP contribution in [0, 0.1) is 0 Å². The lowest BCUT2D eigenvalue weighted by molar-refractivity contribution is 0.0776. The molecule has 8 nitrogen and oxygen atoms in total. The van der Waals surface area contributed by atoms with Gasteiger partial charge in [0.05, 0.1) is 25.0 Å². The van der Waals surface area contributed by atoms with Crippen molar-refractivity contribution >= 4 is 5.91 Å². The molecule has 1 amide bonds. The van der Waals surface area contributed by atoms with Crippen LogP contribution in [-0.2, 0) is 7.05 Å². The summed E-state index contributed by atoms with van der Waals surface area (Å²) in [6.07, 6.45) is 2.79. The van der Waals surface area contributed by atoms with Gasteiger partial charge in [-0.3, -0.25) is 9.48 Å².